The van der Waals surface area contributed by atoms with Crippen molar-refractivity contribution >= 4 is 29.2 Å². The summed E-state index contributed by atoms with van der Waals surface area (Å²) in [4.78, 5) is 42.3. The normalized spacial score (nSPS) is 21.5. The minimum absolute atomic E-state index is 0.0862. The number of aromatic nitrogens is 1. The van der Waals surface area contributed by atoms with E-state index < -0.39 is 5.97 Å². The first-order valence-corrected chi connectivity index (χ1v) is 9.42. The van der Waals surface area contributed by atoms with Gasteiger partial charge in [0.15, 0.2) is 0 Å². The average molecular weight is 378 g/mol. The molecule has 2 aliphatic rings. The number of amides is 2. The van der Waals surface area contributed by atoms with Crippen LogP contribution in [0.3, 0.4) is 0 Å². The highest BCUT2D eigenvalue weighted by molar-refractivity contribution is 6.22. The molecule has 2 fully saturated rings. The van der Waals surface area contributed by atoms with Gasteiger partial charge in [0.1, 0.15) is 0 Å². The van der Waals surface area contributed by atoms with Gasteiger partial charge in [-0.1, -0.05) is 18.9 Å². The Labute approximate surface area is 162 Å². The molecule has 2 aromatic rings. The highest BCUT2D eigenvalue weighted by Gasteiger charge is 2.48. The van der Waals surface area contributed by atoms with Gasteiger partial charge in [0.05, 0.1) is 23.5 Å². The van der Waals surface area contributed by atoms with Crippen molar-refractivity contribution in [3.8, 4) is 0 Å². The van der Waals surface area contributed by atoms with Crippen molar-refractivity contribution in [2.75, 3.05) is 10.2 Å². The molecule has 28 heavy (non-hydrogen) atoms. The number of pyridine rings is 1. The van der Waals surface area contributed by atoms with Crippen LogP contribution in [0.15, 0.2) is 42.7 Å². The number of aromatic carboxylic acids is 1. The van der Waals surface area contributed by atoms with Gasteiger partial charge in [-0.3, -0.25) is 19.5 Å². The number of carbonyl (C=O) groups is 3. The molecule has 1 saturated carbocycles. The predicted octanol–water partition coefficient (Wildman–Crippen LogP) is 1.74. The first-order chi connectivity index (χ1) is 13.6. The Bertz CT molecular complexity index is 905. The number of hydrogen-bond acceptors (Lipinski definition) is 6. The number of nitrogens with one attached hydrogen (secondary N) is 1. The van der Waals surface area contributed by atoms with E-state index in [2.05, 4.69) is 10.3 Å². The molecule has 0 spiro atoms. The summed E-state index contributed by atoms with van der Waals surface area (Å²) >= 11 is 0. The zero-order valence-electron chi connectivity index (χ0n) is 15.3. The number of hydrogen-bond donors (Lipinski definition) is 1. The van der Waals surface area contributed by atoms with E-state index in [1.54, 1.807) is 30.6 Å². The maximum Gasteiger partial charge on any atom is 0.237 e. The number of carboxylic acid groups (broad SMARTS) is 1. The fraction of sp³-hybridized carbons (Fsp3) is 0.333. The Morgan fingerprint density at radius 3 is 2.46 bits per heavy atom. The summed E-state index contributed by atoms with van der Waals surface area (Å²) in [6.07, 6.45) is 6.65. The van der Waals surface area contributed by atoms with Gasteiger partial charge < -0.3 is 15.2 Å². The van der Waals surface area contributed by atoms with Crippen molar-refractivity contribution in [3.63, 3.8) is 0 Å². The molecule has 0 unspecified atom stereocenters. The molecule has 1 aromatic carbocycles. The molecule has 1 aromatic heterocycles. The first kappa shape index (κ1) is 18.2. The third kappa shape index (κ3) is 3.24. The van der Waals surface area contributed by atoms with Gasteiger partial charge >= 0.3 is 0 Å². The van der Waals surface area contributed by atoms with Gasteiger partial charge in [0.25, 0.3) is 0 Å². The van der Waals surface area contributed by atoms with Crippen LogP contribution in [0.1, 0.15) is 41.6 Å². The topological polar surface area (TPSA) is 102 Å². The molecule has 0 radical (unpaired) electrons. The number of carbonyl (C=O) groups excluding carboxylic acids is 3. The molecule has 7 nitrogen and oxygen atoms in total. The van der Waals surface area contributed by atoms with Crippen LogP contribution >= 0.6 is 0 Å². The van der Waals surface area contributed by atoms with Crippen molar-refractivity contribution in [2.24, 2.45) is 11.8 Å². The quantitative estimate of drug-likeness (QED) is 0.795. The van der Waals surface area contributed by atoms with Crippen molar-refractivity contribution in [1.29, 1.82) is 0 Å². The number of fused-ring (bicyclic) bond motifs is 1. The van der Waals surface area contributed by atoms with Gasteiger partial charge in [0, 0.05) is 30.2 Å². The molecule has 1 aliphatic heterocycles. The second-order valence-corrected chi connectivity index (χ2v) is 7.24. The molecule has 144 valence electrons. The van der Waals surface area contributed by atoms with Crippen LogP contribution in [0.5, 0.6) is 0 Å². The largest absolute Gasteiger partial charge is 0.545 e. The number of benzene rings is 1. The molecule has 1 aliphatic carbocycles. The Morgan fingerprint density at radius 1 is 1.14 bits per heavy atom. The van der Waals surface area contributed by atoms with E-state index in [1.807, 2.05) is 6.07 Å². The molecule has 2 amide bonds. The zero-order chi connectivity index (χ0) is 19.7. The minimum atomic E-state index is -1.37. The molecule has 2 atom stereocenters. The maximum absolute atomic E-state index is 12.7. The van der Waals surface area contributed by atoms with E-state index in [-0.39, 0.29) is 34.9 Å². The smallest absolute Gasteiger partial charge is 0.237 e. The Hall–Kier alpha value is -3.22. The fourth-order valence-corrected chi connectivity index (χ4v) is 4.11. The number of imide groups is 1. The number of carboxylic acids is 1. The number of anilines is 2. The Morgan fingerprint density at radius 2 is 1.86 bits per heavy atom. The van der Waals surface area contributed by atoms with Gasteiger partial charge in [-0.15, -0.1) is 0 Å². The lowest BCUT2D eigenvalue weighted by Crippen LogP contribution is -2.31. The summed E-state index contributed by atoms with van der Waals surface area (Å²) in [5.74, 6) is -2.38. The molecular formula is C21H20N3O4-. The summed E-state index contributed by atoms with van der Waals surface area (Å²) in [5, 5.41) is 14.7. The van der Waals surface area contributed by atoms with Gasteiger partial charge in [0.2, 0.25) is 11.8 Å². The molecule has 0 bridgehead atoms. The van der Waals surface area contributed by atoms with Crippen LogP contribution < -0.4 is 15.3 Å². The van der Waals surface area contributed by atoms with Crippen LogP contribution in [0, 0.1) is 11.8 Å². The second-order valence-electron chi connectivity index (χ2n) is 7.24. The second kappa shape index (κ2) is 7.42. The van der Waals surface area contributed by atoms with Crippen molar-refractivity contribution in [2.45, 2.75) is 32.2 Å². The van der Waals surface area contributed by atoms with Crippen molar-refractivity contribution in [1.82, 2.24) is 4.98 Å². The molecule has 2 heterocycles. The number of rotatable bonds is 5. The predicted molar refractivity (Wildman–Crippen MR) is 100 cm³/mol. The van der Waals surface area contributed by atoms with E-state index >= 15 is 0 Å². The SMILES string of the molecule is O=C([O-])c1cc(N2C(=O)[C@@H]3CCCC[C@H]3C2=O)ccc1NCc1cccnc1. The lowest BCUT2D eigenvalue weighted by atomic mass is 9.81. The van der Waals surface area contributed by atoms with Crippen LogP contribution in [0.25, 0.3) is 0 Å². The molecular weight excluding hydrogens is 358 g/mol. The highest BCUT2D eigenvalue weighted by atomic mass is 16.4. The maximum atomic E-state index is 12.7. The lowest BCUT2D eigenvalue weighted by Gasteiger charge is -2.19. The Balaban J connectivity index is 1.60. The standard InChI is InChI=1S/C21H21N3O4/c25-19-15-5-1-2-6-16(15)20(26)24(19)14-7-8-18(17(10-14)21(27)28)23-12-13-4-3-9-22-11-13/h3-4,7-11,15-16,23H,1-2,5-6,12H2,(H,27,28)/p-1/t15-,16-/m1/s1. The van der Waals surface area contributed by atoms with Crippen LogP contribution in [-0.4, -0.2) is 22.8 Å². The number of nitrogens with zero attached hydrogens (tertiary/aromatic N) is 2. The third-order valence-corrected chi connectivity index (χ3v) is 5.53. The van der Waals surface area contributed by atoms with Gasteiger partial charge in [-0.2, -0.15) is 0 Å². The van der Waals surface area contributed by atoms with E-state index in [0.29, 0.717) is 25.1 Å². The summed E-state index contributed by atoms with van der Waals surface area (Å²) in [7, 11) is 0. The first-order valence-electron chi connectivity index (χ1n) is 9.42. The molecule has 1 N–H and O–H groups in total. The van der Waals surface area contributed by atoms with E-state index in [1.165, 1.54) is 6.07 Å². The summed E-state index contributed by atoms with van der Waals surface area (Å²) in [6, 6.07) is 8.18. The highest BCUT2D eigenvalue weighted by Crippen LogP contribution is 2.40. The fourth-order valence-electron chi connectivity index (χ4n) is 4.11. The lowest BCUT2D eigenvalue weighted by molar-refractivity contribution is -0.254. The minimum Gasteiger partial charge on any atom is -0.545 e. The van der Waals surface area contributed by atoms with E-state index in [4.69, 9.17) is 0 Å². The van der Waals surface area contributed by atoms with Crippen molar-refractivity contribution < 1.29 is 19.5 Å². The average Bonchev–Trinajstić information content (AvgIpc) is 2.98. The molecule has 4 rings (SSSR count). The van der Waals surface area contributed by atoms with Gasteiger partial charge in [-0.05, 0) is 42.7 Å². The summed E-state index contributed by atoms with van der Waals surface area (Å²) < 4.78 is 0. The molecule has 7 heteroatoms. The van der Waals surface area contributed by atoms with Crippen LogP contribution in [-0.2, 0) is 16.1 Å². The van der Waals surface area contributed by atoms with E-state index in [0.717, 1.165) is 23.3 Å². The molecule has 1 saturated heterocycles. The van der Waals surface area contributed by atoms with Crippen LogP contribution in [0.2, 0.25) is 0 Å². The van der Waals surface area contributed by atoms with Crippen molar-refractivity contribution in [3.05, 3.63) is 53.9 Å². The van der Waals surface area contributed by atoms with E-state index in [9.17, 15) is 19.5 Å². The summed E-state index contributed by atoms with van der Waals surface area (Å²) in [6.45, 7) is 0.388. The monoisotopic (exact) mass is 378 g/mol. The Kier molecular flexibility index (Phi) is 4.81. The van der Waals surface area contributed by atoms with Gasteiger partial charge in [-0.25, -0.2) is 0 Å². The van der Waals surface area contributed by atoms with Crippen LogP contribution in [0.4, 0.5) is 11.4 Å². The zero-order valence-corrected chi connectivity index (χ0v) is 15.3. The third-order valence-electron chi connectivity index (χ3n) is 5.53. The summed E-state index contributed by atoms with van der Waals surface area (Å²) in [5.41, 5.74) is 1.46.